The van der Waals surface area contributed by atoms with E-state index < -0.39 is 83.5 Å². The van der Waals surface area contributed by atoms with Crippen LogP contribution in [-0.2, 0) is 36.7 Å². The number of nitrogen functional groups attached to an aromatic ring is 2. The largest absolute Gasteiger partial charge is 0.756 e. The van der Waals surface area contributed by atoms with Crippen molar-refractivity contribution in [2.75, 3.05) is 24.7 Å². The van der Waals surface area contributed by atoms with E-state index in [0.29, 0.717) is 11.2 Å². The van der Waals surface area contributed by atoms with E-state index in [1.54, 1.807) is 6.92 Å². The molecule has 3 aliphatic rings. The van der Waals surface area contributed by atoms with Crippen molar-refractivity contribution in [2.45, 2.75) is 56.0 Å². The summed E-state index contributed by atoms with van der Waals surface area (Å²) in [4.78, 5) is 60.6. The number of phosphoric ester groups is 2. The molecule has 46 heavy (non-hydrogen) atoms. The predicted octanol–water partition coefficient (Wildman–Crippen LogP) is -3.30. The Hall–Kier alpha value is -3.44. The third-order valence-electron chi connectivity index (χ3n) is 7.53. The lowest BCUT2D eigenvalue weighted by atomic mass is 10.1. The van der Waals surface area contributed by atoms with E-state index in [9.17, 15) is 33.9 Å². The summed E-state index contributed by atoms with van der Waals surface area (Å²) in [7, 11) is -10.6. The van der Waals surface area contributed by atoms with Gasteiger partial charge >= 0.3 is 0 Å². The number of anilines is 2. The molecule has 4 aromatic heterocycles. The predicted molar refractivity (Wildman–Crippen MR) is 144 cm³/mol. The summed E-state index contributed by atoms with van der Waals surface area (Å²) in [5.74, 6) is -0.398. The van der Waals surface area contributed by atoms with Gasteiger partial charge in [-0.25, -0.2) is 15.0 Å². The van der Waals surface area contributed by atoms with Crippen LogP contribution in [0.1, 0.15) is 18.1 Å². The van der Waals surface area contributed by atoms with Crippen molar-refractivity contribution in [1.82, 2.24) is 39.0 Å². The van der Waals surface area contributed by atoms with Gasteiger partial charge in [-0.1, -0.05) is 0 Å². The molecule has 4 unspecified atom stereocenters. The van der Waals surface area contributed by atoms with E-state index >= 15 is 0 Å². The second-order valence-electron chi connectivity index (χ2n) is 10.5. The minimum Gasteiger partial charge on any atom is -0.756 e. The maximum Gasteiger partial charge on any atom is 0.280 e. The van der Waals surface area contributed by atoms with E-state index in [4.69, 9.17) is 39.0 Å². The van der Waals surface area contributed by atoms with Crippen molar-refractivity contribution in [1.29, 1.82) is 0 Å². The first kappa shape index (κ1) is 31.2. The van der Waals surface area contributed by atoms with E-state index in [-0.39, 0.29) is 28.7 Å². The zero-order valence-electron chi connectivity index (χ0n) is 23.3. The Morgan fingerprint density at radius 2 is 1.37 bits per heavy atom. The van der Waals surface area contributed by atoms with Crippen LogP contribution in [0.3, 0.4) is 0 Å². The summed E-state index contributed by atoms with van der Waals surface area (Å²) in [5, 5.41) is 22.2. The molecule has 3 saturated heterocycles. The zero-order chi connectivity index (χ0) is 32.7. The van der Waals surface area contributed by atoms with Gasteiger partial charge in [0.15, 0.2) is 29.3 Å². The van der Waals surface area contributed by atoms with Gasteiger partial charge < -0.3 is 59.0 Å². The highest BCUT2D eigenvalue weighted by molar-refractivity contribution is 7.46. The minimum absolute atomic E-state index is 0.111. The number of rotatable bonds is 2. The number of H-pyrrole nitrogens is 1. The third kappa shape index (κ3) is 5.39. The summed E-state index contributed by atoms with van der Waals surface area (Å²) in [6, 6.07) is 0. The van der Waals surface area contributed by atoms with Crippen molar-refractivity contribution < 1.29 is 56.7 Å². The lowest BCUT2D eigenvalue weighted by Crippen LogP contribution is -2.41. The fraction of sp³-hybridized carbons (Fsp3) is 0.524. The van der Waals surface area contributed by atoms with Gasteiger partial charge in [0.1, 0.15) is 42.1 Å². The average molecular weight is 686 g/mol. The fourth-order valence-corrected chi connectivity index (χ4v) is 7.41. The van der Waals surface area contributed by atoms with Gasteiger partial charge in [0.05, 0.1) is 31.6 Å². The monoisotopic (exact) mass is 686 g/mol. The maximum atomic E-state index is 13.0. The molecule has 0 bridgehead atoms. The summed E-state index contributed by atoms with van der Waals surface area (Å²) in [6.07, 6.45) is -10.9. The van der Waals surface area contributed by atoms with E-state index in [1.807, 2.05) is 0 Å². The molecule has 0 spiro atoms. The fourth-order valence-electron chi connectivity index (χ4n) is 5.51. The van der Waals surface area contributed by atoms with Gasteiger partial charge in [0.25, 0.3) is 21.2 Å². The quantitative estimate of drug-likeness (QED) is 0.129. The highest BCUT2D eigenvalue weighted by Crippen LogP contribution is 2.50. The van der Waals surface area contributed by atoms with Crippen molar-refractivity contribution in [3.05, 3.63) is 28.7 Å². The number of ether oxygens (including phenoxy) is 2. The van der Waals surface area contributed by atoms with Gasteiger partial charge in [-0.15, -0.1) is 0 Å². The first-order valence-electron chi connectivity index (χ1n) is 13.4. The second kappa shape index (κ2) is 11.1. The molecule has 10 atom stereocenters. The van der Waals surface area contributed by atoms with Gasteiger partial charge in [-0.3, -0.25) is 28.0 Å². The van der Waals surface area contributed by atoms with Crippen LogP contribution in [0.2, 0.25) is 0 Å². The third-order valence-corrected chi connectivity index (χ3v) is 9.46. The van der Waals surface area contributed by atoms with Crippen molar-refractivity contribution in [2.24, 2.45) is 0 Å². The average Bonchev–Trinajstić information content (AvgIpc) is 3.72. The number of aromatic nitrogens is 8. The summed E-state index contributed by atoms with van der Waals surface area (Å²) < 4.78 is 60.1. The number of aliphatic hydroxyl groups excluding tert-OH is 2. The molecule has 25 heteroatoms. The molecule has 0 amide bonds. The summed E-state index contributed by atoms with van der Waals surface area (Å²) in [5.41, 5.74) is 11.2. The van der Waals surface area contributed by atoms with Gasteiger partial charge in [-0.05, 0) is 6.92 Å². The molecule has 23 nitrogen and oxygen atoms in total. The van der Waals surface area contributed by atoms with Crippen LogP contribution in [0.4, 0.5) is 11.9 Å². The summed E-state index contributed by atoms with van der Waals surface area (Å²) in [6.45, 7) is -0.215. The van der Waals surface area contributed by atoms with Crippen LogP contribution in [0.5, 0.6) is 0 Å². The molecular formula is C21H24N10O13P2-2. The number of aromatic amines is 1. The second-order valence-corrected chi connectivity index (χ2v) is 13.2. The van der Waals surface area contributed by atoms with Crippen molar-refractivity contribution in [3.8, 4) is 0 Å². The number of aryl methyl sites for hydroxylation is 1. The Labute approximate surface area is 255 Å². The molecule has 3 aliphatic heterocycles. The smallest absolute Gasteiger partial charge is 0.280 e. The van der Waals surface area contributed by atoms with E-state index in [1.165, 1.54) is 10.9 Å². The Balaban J connectivity index is 1.17. The van der Waals surface area contributed by atoms with Crippen LogP contribution in [0.25, 0.3) is 22.3 Å². The Bertz CT molecular complexity index is 1990. The Kier molecular flexibility index (Phi) is 7.51. The number of imidazole rings is 2. The van der Waals surface area contributed by atoms with Crippen molar-refractivity contribution in [3.63, 3.8) is 0 Å². The molecule has 248 valence electrons. The molecule has 7 rings (SSSR count). The first-order valence-corrected chi connectivity index (χ1v) is 16.3. The topological polar surface area (TPSA) is 335 Å². The number of nitrogens with zero attached hydrogens (tertiary/aromatic N) is 7. The molecule has 7 heterocycles. The van der Waals surface area contributed by atoms with Crippen molar-refractivity contribution >= 4 is 49.9 Å². The molecule has 7 N–H and O–H groups in total. The van der Waals surface area contributed by atoms with Crippen LogP contribution < -0.4 is 26.8 Å². The van der Waals surface area contributed by atoms with Crippen LogP contribution in [0.15, 0.2) is 17.4 Å². The standard InChI is InChI=1S/C21H26N10O13P2/c1-6-9-15(27-20(22)26-6)30(4-24-9)18-11(32)13-7(41-18)2-39-46(37,38)44-14-8(3-40-45(35,36)43-13)42-19(12(14)33)31-5-25-10-16(31)28-21(23)29-17(10)34/h4-5,7-8,11-14,18-19,32-33H,2-3H2,1H3,(H,35,36)(H,37,38)(H2,22,26,27)(H3,23,28,29,34)/p-2/t7-,8-,11?,12?,13-,14-,18+,19+/m0/s1. The molecule has 0 aromatic carbocycles. The highest BCUT2D eigenvalue weighted by atomic mass is 31.2. The number of aliphatic hydroxyl groups is 2. The lowest BCUT2D eigenvalue weighted by molar-refractivity contribution is -0.244. The summed E-state index contributed by atoms with van der Waals surface area (Å²) >= 11 is 0. The molecule has 0 radical (unpaired) electrons. The van der Waals surface area contributed by atoms with Gasteiger partial charge in [0.2, 0.25) is 11.9 Å². The van der Waals surface area contributed by atoms with E-state index in [2.05, 4.69) is 29.9 Å². The SMILES string of the molecule is Cc1nc(N)nc2c1ncn2[C@@H]1O[C@H]2COP(=O)([O-])O[C@@H]3C(O)[C@H](n4cnc5c(=O)[nH]c(N)nc54)O[C@H]3COP(=O)([O-])O[C@@H]2C1O. The number of nitrogens with two attached hydrogens (primary N) is 2. The zero-order valence-corrected chi connectivity index (χ0v) is 25.0. The highest BCUT2D eigenvalue weighted by Gasteiger charge is 2.51. The Morgan fingerprint density at radius 3 is 1.91 bits per heavy atom. The van der Waals surface area contributed by atoms with Crippen LogP contribution in [-0.4, -0.2) is 99.1 Å². The first-order chi connectivity index (χ1) is 21.7. The number of hydrogen-bond donors (Lipinski definition) is 5. The molecule has 4 aromatic rings. The maximum absolute atomic E-state index is 13.0. The number of nitrogens with one attached hydrogen (secondary N) is 1. The Morgan fingerprint density at radius 1 is 0.870 bits per heavy atom. The van der Waals surface area contributed by atoms with E-state index in [0.717, 1.165) is 10.9 Å². The van der Waals surface area contributed by atoms with Crippen LogP contribution in [0, 0.1) is 6.92 Å². The molecule has 0 saturated carbocycles. The molecule has 3 fully saturated rings. The van der Waals surface area contributed by atoms with Gasteiger partial charge in [0, 0.05) is 0 Å². The van der Waals surface area contributed by atoms with Crippen LogP contribution >= 0.6 is 15.6 Å². The van der Waals surface area contributed by atoms with Gasteiger partial charge in [-0.2, -0.15) is 9.97 Å². The minimum atomic E-state index is -5.33. The molecule has 0 aliphatic carbocycles. The number of hydrogen-bond acceptors (Lipinski definition) is 20. The number of phosphoric acid groups is 2. The normalized spacial score (nSPS) is 37.2. The number of fused-ring (bicyclic) bond motifs is 4. The molecular weight excluding hydrogens is 662 g/mol. The lowest BCUT2D eigenvalue weighted by Gasteiger charge is -2.34.